The van der Waals surface area contributed by atoms with E-state index in [9.17, 15) is 8.42 Å². The highest BCUT2D eigenvalue weighted by Gasteiger charge is 2.17. The Labute approximate surface area is 151 Å². The first-order valence-electron chi connectivity index (χ1n) is 8.22. The van der Waals surface area contributed by atoms with Crippen LogP contribution in [0.15, 0.2) is 29.2 Å². The third-order valence-corrected chi connectivity index (χ3v) is 5.92. The number of thiocarbonyl (C=S) groups is 1. The van der Waals surface area contributed by atoms with E-state index in [1.165, 1.54) is 18.4 Å². The molecule has 0 aromatic heterocycles. The van der Waals surface area contributed by atoms with Gasteiger partial charge in [-0.15, -0.1) is 0 Å². The molecule has 1 aromatic rings. The zero-order valence-electron chi connectivity index (χ0n) is 14.9. The number of hydrogen-bond donors (Lipinski definition) is 3. The van der Waals surface area contributed by atoms with Crippen LogP contribution in [0.5, 0.6) is 0 Å². The smallest absolute Gasteiger partial charge is 0.242 e. The lowest BCUT2D eigenvalue weighted by atomic mass is 10.3. The van der Waals surface area contributed by atoms with Crippen LogP contribution in [0.4, 0.5) is 5.69 Å². The summed E-state index contributed by atoms with van der Waals surface area (Å²) in [7, 11) is -0.418. The van der Waals surface area contributed by atoms with E-state index in [4.69, 9.17) is 12.2 Å². The summed E-state index contributed by atoms with van der Waals surface area (Å²) in [6, 6.07) is 6.65. The summed E-state index contributed by atoms with van der Waals surface area (Å²) in [6.07, 6.45) is 1.04. The minimum absolute atomic E-state index is 0.241. The third-order valence-electron chi connectivity index (χ3n) is 3.86. The predicted octanol–water partition coefficient (Wildman–Crippen LogP) is 0.538. The van der Waals surface area contributed by atoms with Gasteiger partial charge in [0.15, 0.2) is 5.11 Å². The number of nitrogens with zero attached hydrogens (tertiary/aromatic N) is 1. The fourth-order valence-corrected chi connectivity index (χ4v) is 3.43. The van der Waals surface area contributed by atoms with Crippen LogP contribution in [0.1, 0.15) is 20.3 Å². The zero-order chi connectivity index (χ0) is 18.2. The highest BCUT2D eigenvalue weighted by molar-refractivity contribution is 7.89. The summed E-state index contributed by atoms with van der Waals surface area (Å²) in [6.45, 7) is 8.54. The molecule has 0 unspecified atom stereocenters. The minimum Gasteiger partial charge on any atom is -0.362 e. The van der Waals surface area contributed by atoms with Crippen molar-refractivity contribution >= 4 is 33.0 Å². The van der Waals surface area contributed by atoms with Crippen LogP contribution in [0.3, 0.4) is 0 Å². The largest absolute Gasteiger partial charge is 0.362 e. The van der Waals surface area contributed by atoms with Crippen molar-refractivity contribution in [1.29, 1.82) is 0 Å². The van der Waals surface area contributed by atoms with E-state index in [-0.39, 0.29) is 4.90 Å². The molecule has 1 rings (SSSR count). The summed E-state index contributed by atoms with van der Waals surface area (Å²) in [5.41, 5.74) is 0.657. The summed E-state index contributed by atoms with van der Waals surface area (Å²) >= 11 is 5.27. The Kier molecular flexibility index (Phi) is 8.61. The molecule has 0 fully saturated rings. The van der Waals surface area contributed by atoms with E-state index < -0.39 is 10.0 Å². The number of sulfonamides is 1. The first-order valence-corrected chi connectivity index (χ1v) is 10.1. The topological polar surface area (TPSA) is 65.9 Å². The summed E-state index contributed by atoms with van der Waals surface area (Å²) in [5.74, 6) is 0. The molecule has 0 spiro atoms. The lowest BCUT2D eigenvalue weighted by molar-refractivity contribution is -0.896. The molecule has 0 aliphatic rings. The van der Waals surface area contributed by atoms with Crippen molar-refractivity contribution in [2.45, 2.75) is 25.2 Å². The van der Waals surface area contributed by atoms with Gasteiger partial charge in [-0.3, -0.25) is 0 Å². The molecule has 136 valence electrons. The maximum absolute atomic E-state index is 12.1. The molecule has 8 heteroatoms. The van der Waals surface area contributed by atoms with Crippen molar-refractivity contribution in [2.24, 2.45) is 0 Å². The van der Waals surface area contributed by atoms with Gasteiger partial charge in [0.05, 0.1) is 24.5 Å². The van der Waals surface area contributed by atoms with Crippen molar-refractivity contribution in [3.05, 3.63) is 24.3 Å². The Morgan fingerprint density at radius 3 is 2.50 bits per heavy atom. The first kappa shape index (κ1) is 20.8. The molecule has 0 aliphatic heterocycles. The average Bonchev–Trinajstić information content (AvgIpc) is 2.55. The second-order valence-electron chi connectivity index (χ2n) is 5.76. The zero-order valence-corrected chi connectivity index (χ0v) is 16.6. The fourth-order valence-electron chi connectivity index (χ4n) is 2.26. The van der Waals surface area contributed by atoms with Gasteiger partial charge >= 0.3 is 0 Å². The Bertz CT molecular complexity index is 629. The molecular formula is C16H29N4O2S2+. The summed E-state index contributed by atoms with van der Waals surface area (Å²) in [4.78, 5) is 1.81. The van der Waals surface area contributed by atoms with Gasteiger partial charge in [-0.05, 0) is 44.3 Å². The van der Waals surface area contributed by atoms with E-state index in [0.29, 0.717) is 10.8 Å². The van der Waals surface area contributed by atoms with Gasteiger partial charge in [0.2, 0.25) is 10.0 Å². The van der Waals surface area contributed by atoms with Crippen LogP contribution < -0.4 is 15.5 Å². The Morgan fingerprint density at radius 2 is 1.92 bits per heavy atom. The molecule has 0 radical (unpaired) electrons. The molecule has 6 nitrogen and oxygen atoms in total. The molecule has 0 saturated carbocycles. The maximum Gasteiger partial charge on any atom is 0.242 e. The lowest BCUT2D eigenvalue weighted by Gasteiger charge is -2.16. The van der Waals surface area contributed by atoms with Crippen molar-refractivity contribution in [3.63, 3.8) is 0 Å². The SMILES string of the molecule is CC[NH+](CC)CCCNC(=S)Nc1cccc(S(=O)(=O)N(C)C)c1. The molecule has 0 saturated heterocycles. The summed E-state index contributed by atoms with van der Waals surface area (Å²) in [5, 5.41) is 6.71. The number of rotatable bonds is 9. The molecule has 0 atom stereocenters. The molecule has 0 amide bonds. The van der Waals surface area contributed by atoms with E-state index in [1.807, 2.05) is 0 Å². The highest BCUT2D eigenvalue weighted by Crippen LogP contribution is 2.17. The summed E-state index contributed by atoms with van der Waals surface area (Å²) < 4.78 is 25.5. The molecule has 0 aliphatic carbocycles. The number of anilines is 1. The van der Waals surface area contributed by atoms with Crippen LogP contribution in [-0.4, -0.2) is 58.1 Å². The van der Waals surface area contributed by atoms with Crippen molar-refractivity contribution in [2.75, 3.05) is 45.6 Å². The van der Waals surface area contributed by atoms with Gasteiger partial charge in [-0.1, -0.05) is 6.07 Å². The Hall–Kier alpha value is -1.22. The van der Waals surface area contributed by atoms with E-state index in [2.05, 4.69) is 24.5 Å². The molecule has 0 heterocycles. The van der Waals surface area contributed by atoms with E-state index >= 15 is 0 Å². The number of hydrogen-bond acceptors (Lipinski definition) is 3. The fraction of sp³-hybridized carbons (Fsp3) is 0.562. The highest BCUT2D eigenvalue weighted by atomic mass is 32.2. The van der Waals surface area contributed by atoms with Crippen LogP contribution in [0.25, 0.3) is 0 Å². The van der Waals surface area contributed by atoms with Gasteiger partial charge in [-0.2, -0.15) is 0 Å². The molecule has 0 bridgehead atoms. The van der Waals surface area contributed by atoms with E-state index in [0.717, 1.165) is 32.6 Å². The van der Waals surface area contributed by atoms with Gasteiger partial charge in [0, 0.05) is 32.7 Å². The van der Waals surface area contributed by atoms with Crippen LogP contribution >= 0.6 is 12.2 Å². The van der Waals surface area contributed by atoms with Crippen molar-refractivity contribution in [3.8, 4) is 0 Å². The first-order chi connectivity index (χ1) is 11.3. The quantitative estimate of drug-likeness (QED) is 0.436. The second-order valence-corrected chi connectivity index (χ2v) is 8.32. The molecule has 3 N–H and O–H groups in total. The van der Waals surface area contributed by atoms with Gasteiger partial charge in [-0.25, -0.2) is 12.7 Å². The normalized spacial score (nSPS) is 11.8. The monoisotopic (exact) mass is 373 g/mol. The molecular weight excluding hydrogens is 344 g/mol. The number of quaternary nitrogens is 1. The van der Waals surface area contributed by atoms with Crippen LogP contribution in [0, 0.1) is 0 Å². The van der Waals surface area contributed by atoms with E-state index in [1.54, 1.807) is 29.2 Å². The molecule has 1 aromatic carbocycles. The maximum atomic E-state index is 12.1. The average molecular weight is 374 g/mol. The predicted molar refractivity (Wildman–Crippen MR) is 103 cm³/mol. The standard InChI is InChI=1S/C16H28N4O2S2/c1-5-20(6-2)12-8-11-17-16(23)18-14-9-7-10-15(13-14)24(21,22)19(3)4/h7,9-10,13H,5-6,8,11-12H2,1-4H3,(H2,17,18,23)/p+1. The molecule has 24 heavy (non-hydrogen) atoms. The second kappa shape index (κ2) is 9.93. The number of nitrogens with one attached hydrogen (secondary N) is 3. The lowest BCUT2D eigenvalue weighted by Crippen LogP contribution is -3.11. The Balaban J connectivity index is 2.53. The van der Waals surface area contributed by atoms with Gasteiger partial charge < -0.3 is 15.5 Å². The third kappa shape index (κ3) is 6.35. The number of benzene rings is 1. The van der Waals surface area contributed by atoms with Crippen LogP contribution in [0.2, 0.25) is 0 Å². The van der Waals surface area contributed by atoms with Gasteiger partial charge in [0.25, 0.3) is 0 Å². The minimum atomic E-state index is -3.44. The van der Waals surface area contributed by atoms with Crippen LogP contribution in [-0.2, 0) is 10.0 Å². The van der Waals surface area contributed by atoms with Crippen molar-refractivity contribution in [1.82, 2.24) is 9.62 Å². The van der Waals surface area contributed by atoms with Gasteiger partial charge in [0.1, 0.15) is 0 Å². The van der Waals surface area contributed by atoms with Crippen molar-refractivity contribution < 1.29 is 13.3 Å². The Morgan fingerprint density at radius 1 is 1.25 bits per heavy atom.